The zero-order chi connectivity index (χ0) is 13.0. The summed E-state index contributed by atoms with van der Waals surface area (Å²) in [5.41, 5.74) is 0.993. The van der Waals surface area contributed by atoms with Gasteiger partial charge >= 0.3 is 0 Å². The molecule has 1 aromatic carbocycles. The summed E-state index contributed by atoms with van der Waals surface area (Å²) in [7, 11) is 0. The molecular weight excluding hydrogens is 295 g/mol. The second-order valence-corrected chi connectivity index (χ2v) is 5.68. The highest BCUT2D eigenvalue weighted by molar-refractivity contribution is 9.10. The van der Waals surface area contributed by atoms with Crippen LogP contribution in [0.3, 0.4) is 0 Å². The van der Waals surface area contributed by atoms with Crippen LogP contribution >= 0.6 is 15.9 Å². The molecule has 1 aromatic rings. The maximum absolute atomic E-state index is 13.2. The van der Waals surface area contributed by atoms with Gasteiger partial charge in [-0.3, -0.25) is 0 Å². The van der Waals surface area contributed by atoms with Crippen LogP contribution in [0, 0.1) is 5.82 Å². The maximum Gasteiger partial charge on any atom is 0.123 e. The monoisotopic (exact) mass is 314 g/mol. The van der Waals surface area contributed by atoms with Crippen molar-refractivity contribution >= 4 is 15.9 Å². The average molecular weight is 315 g/mol. The number of nitrogens with zero attached hydrogens (tertiary/aromatic N) is 1. The number of halogens is 2. The fourth-order valence-electron chi connectivity index (χ4n) is 2.39. The van der Waals surface area contributed by atoms with E-state index < -0.39 is 0 Å². The number of likely N-dealkylation sites (tertiary alicyclic amines) is 1. The summed E-state index contributed by atoms with van der Waals surface area (Å²) in [5, 5.41) is 3.53. The smallest absolute Gasteiger partial charge is 0.123 e. The van der Waals surface area contributed by atoms with Crippen molar-refractivity contribution in [2.45, 2.75) is 32.4 Å². The molecule has 0 aliphatic carbocycles. The molecule has 0 amide bonds. The summed E-state index contributed by atoms with van der Waals surface area (Å²) in [6.07, 6.45) is 2.36. The second-order valence-electron chi connectivity index (χ2n) is 4.83. The van der Waals surface area contributed by atoms with Crippen LogP contribution in [0.5, 0.6) is 0 Å². The van der Waals surface area contributed by atoms with E-state index in [0.717, 1.165) is 23.1 Å². The summed E-state index contributed by atoms with van der Waals surface area (Å²) < 4.78 is 14.1. The minimum atomic E-state index is -0.171. The zero-order valence-corrected chi connectivity index (χ0v) is 12.3. The number of piperidine rings is 1. The van der Waals surface area contributed by atoms with Gasteiger partial charge < -0.3 is 10.2 Å². The Morgan fingerprint density at radius 1 is 1.39 bits per heavy atom. The first-order valence-electron chi connectivity index (χ1n) is 6.58. The number of hydrogen-bond acceptors (Lipinski definition) is 2. The zero-order valence-electron chi connectivity index (χ0n) is 10.8. The fourth-order valence-corrected chi connectivity index (χ4v) is 2.77. The Balaban J connectivity index is 1.83. The van der Waals surface area contributed by atoms with Crippen LogP contribution < -0.4 is 5.32 Å². The topological polar surface area (TPSA) is 15.3 Å². The molecule has 1 heterocycles. The van der Waals surface area contributed by atoms with E-state index in [2.05, 4.69) is 33.1 Å². The van der Waals surface area contributed by atoms with Crippen molar-refractivity contribution < 1.29 is 4.39 Å². The van der Waals surface area contributed by atoms with Crippen molar-refractivity contribution in [3.8, 4) is 0 Å². The van der Waals surface area contributed by atoms with Crippen molar-refractivity contribution in [3.05, 3.63) is 34.1 Å². The van der Waals surface area contributed by atoms with Crippen LogP contribution in [0.2, 0.25) is 0 Å². The minimum absolute atomic E-state index is 0.171. The Labute approximate surface area is 117 Å². The van der Waals surface area contributed by atoms with E-state index >= 15 is 0 Å². The lowest BCUT2D eigenvalue weighted by molar-refractivity contribution is 0.206. The molecule has 2 nitrogen and oxygen atoms in total. The summed E-state index contributed by atoms with van der Waals surface area (Å²) in [4.78, 5) is 2.47. The summed E-state index contributed by atoms with van der Waals surface area (Å²) >= 11 is 3.46. The normalized spacial score (nSPS) is 18.2. The van der Waals surface area contributed by atoms with Gasteiger partial charge in [-0.15, -0.1) is 0 Å². The molecule has 1 N–H and O–H groups in total. The lowest BCUT2D eigenvalue weighted by Crippen LogP contribution is -2.42. The molecule has 0 aromatic heterocycles. The molecule has 0 bridgehead atoms. The number of nitrogens with one attached hydrogen (secondary N) is 1. The minimum Gasteiger partial charge on any atom is -0.310 e. The Bertz CT molecular complexity index is 389. The molecule has 1 aliphatic rings. The standard InChI is InChI=1S/C14H20BrFN2/c1-2-18-7-5-13(6-8-18)17-10-11-9-12(16)3-4-14(11)15/h3-4,9,13,17H,2,5-8,10H2,1H3. The first-order valence-corrected chi connectivity index (χ1v) is 7.38. The van der Waals surface area contributed by atoms with E-state index in [1.165, 1.54) is 32.0 Å². The Hall–Kier alpha value is -0.450. The van der Waals surface area contributed by atoms with Crippen molar-refractivity contribution in [2.24, 2.45) is 0 Å². The van der Waals surface area contributed by atoms with E-state index in [4.69, 9.17) is 0 Å². The number of rotatable bonds is 4. The number of hydrogen-bond donors (Lipinski definition) is 1. The molecule has 0 atom stereocenters. The van der Waals surface area contributed by atoms with Gasteiger partial charge in [-0.05, 0) is 56.2 Å². The van der Waals surface area contributed by atoms with Gasteiger partial charge in [0, 0.05) is 17.1 Å². The fraction of sp³-hybridized carbons (Fsp3) is 0.571. The van der Waals surface area contributed by atoms with Crippen LogP contribution in [0.1, 0.15) is 25.3 Å². The van der Waals surface area contributed by atoms with Crippen molar-refractivity contribution in [3.63, 3.8) is 0 Å². The Morgan fingerprint density at radius 3 is 2.78 bits per heavy atom. The molecule has 2 rings (SSSR count). The van der Waals surface area contributed by atoms with Crippen LogP contribution in [-0.2, 0) is 6.54 Å². The Morgan fingerprint density at radius 2 is 2.11 bits per heavy atom. The molecule has 1 saturated heterocycles. The SMILES string of the molecule is CCN1CCC(NCc2cc(F)ccc2Br)CC1. The highest BCUT2D eigenvalue weighted by atomic mass is 79.9. The summed E-state index contributed by atoms with van der Waals surface area (Å²) in [6.45, 7) is 6.41. The first-order chi connectivity index (χ1) is 8.69. The predicted octanol–water partition coefficient (Wildman–Crippen LogP) is 3.16. The molecule has 0 radical (unpaired) electrons. The second kappa shape index (κ2) is 6.64. The van der Waals surface area contributed by atoms with Crippen LogP contribution in [0.25, 0.3) is 0 Å². The van der Waals surface area contributed by atoms with Gasteiger partial charge in [0.05, 0.1) is 0 Å². The van der Waals surface area contributed by atoms with E-state index in [1.54, 1.807) is 12.1 Å². The summed E-state index contributed by atoms with van der Waals surface area (Å²) in [5.74, 6) is -0.171. The van der Waals surface area contributed by atoms with Gasteiger partial charge in [0.15, 0.2) is 0 Å². The lowest BCUT2D eigenvalue weighted by atomic mass is 10.0. The predicted molar refractivity (Wildman–Crippen MR) is 76.1 cm³/mol. The third kappa shape index (κ3) is 3.77. The van der Waals surface area contributed by atoms with Gasteiger partial charge in [0.25, 0.3) is 0 Å². The largest absolute Gasteiger partial charge is 0.310 e. The van der Waals surface area contributed by atoms with Crippen LogP contribution in [0.4, 0.5) is 4.39 Å². The van der Waals surface area contributed by atoms with E-state index in [9.17, 15) is 4.39 Å². The maximum atomic E-state index is 13.2. The molecule has 18 heavy (non-hydrogen) atoms. The molecule has 100 valence electrons. The van der Waals surface area contributed by atoms with Gasteiger partial charge in [0.1, 0.15) is 5.82 Å². The van der Waals surface area contributed by atoms with Crippen molar-refractivity contribution in [1.82, 2.24) is 10.2 Å². The molecule has 1 fully saturated rings. The van der Waals surface area contributed by atoms with E-state index in [0.29, 0.717) is 6.04 Å². The highest BCUT2D eigenvalue weighted by Gasteiger charge is 2.17. The van der Waals surface area contributed by atoms with Crippen LogP contribution in [0.15, 0.2) is 22.7 Å². The molecule has 0 spiro atoms. The van der Waals surface area contributed by atoms with Crippen LogP contribution in [-0.4, -0.2) is 30.6 Å². The lowest BCUT2D eigenvalue weighted by Gasteiger charge is -2.31. The quantitative estimate of drug-likeness (QED) is 0.918. The van der Waals surface area contributed by atoms with Crippen molar-refractivity contribution in [2.75, 3.05) is 19.6 Å². The Kier molecular flexibility index (Phi) is 5.15. The highest BCUT2D eigenvalue weighted by Crippen LogP contribution is 2.18. The first kappa shape index (κ1) is 14.0. The molecular formula is C14H20BrFN2. The van der Waals surface area contributed by atoms with Gasteiger partial charge in [-0.1, -0.05) is 22.9 Å². The van der Waals surface area contributed by atoms with E-state index in [1.807, 2.05) is 0 Å². The third-order valence-corrected chi connectivity index (χ3v) is 4.40. The molecule has 1 aliphatic heterocycles. The van der Waals surface area contributed by atoms with Gasteiger partial charge in [0.2, 0.25) is 0 Å². The third-order valence-electron chi connectivity index (χ3n) is 3.62. The van der Waals surface area contributed by atoms with E-state index in [-0.39, 0.29) is 5.82 Å². The average Bonchev–Trinajstić information content (AvgIpc) is 2.40. The van der Waals surface area contributed by atoms with Crippen molar-refractivity contribution in [1.29, 1.82) is 0 Å². The molecule has 4 heteroatoms. The summed E-state index contributed by atoms with van der Waals surface area (Å²) in [6, 6.07) is 5.40. The molecule has 0 saturated carbocycles. The van der Waals surface area contributed by atoms with Gasteiger partial charge in [-0.2, -0.15) is 0 Å². The number of benzene rings is 1. The molecule has 0 unspecified atom stereocenters. The van der Waals surface area contributed by atoms with Gasteiger partial charge in [-0.25, -0.2) is 4.39 Å².